The van der Waals surface area contributed by atoms with Crippen LogP contribution in [0.5, 0.6) is 23.0 Å². The summed E-state index contributed by atoms with van der Waals surface area (Å²) < 4.78 is 49.1. The summed E-state index contributed by atoms with van der Waals surface area (Å²) in [6.07, 6.45) is 0. The number of methoxy groups -OCH3 is 3. The SMILES string of the molecule is COc1ccc(NS(=O)(=O)c2ccc(OCC(=O)Nc3ccc(OC)cc3OC)c(C)c2)cc1. The standard InChI is InChI=1S/C24H26N2O7S/c1-16-13-20(34(28,29)26-17-5-7-18(30-2)8-6-17)10-12-22(16)33-15-24(27)25-21-11-9-19(31-3)14-23(21)32-4/h5-14,26H,15H2,1-4H3,(H,25,27). The molecule has 0 saturated heterocycles. The first-order chi connectivity index (χ1) is 16.2. The van der Waals surface area contributed by atoms with E-state index in [9.17, 15) is 13.2 Å². The third-order valence-electron chi connectivity index (χ3n) is 4.84. The highest BCUT2D eigenvalue weighted by atomic mass is 32.2. The summed E-state index contributed by atoms with van der Waals surface area (Å²) in [7, 11) is 0.752. The van der Waals surface area contributed by atoms with Crippen LogP contribution in [0.1, 0.15) is 5.56 Å². The third-order valence-corrected chi connectivity index (χ3v) is 6.22. The van der Waals surface area contributed by atoms with Gasteiger partial charge in [0.2, 0.25) is 0 Å². The maximum Gasteiger partial charge on any atom is 0.262 e. The van der Waals surface area contributed by atoms with Crippen molar-refractivity contribution in [3.05, 3.63) is 66.2 Å². The maximum atomic E-state index is 12.7. The van der Waals surface area contributed by atoms with E-state index in [2.05, 4.69) is 10.0 Å². The van der Waals surface area contributed by atoms with Gasteiger partial charge in [0.05, 0.1) is 31.9 Å². The van der Waals surface area contributed by atoms with Gasteiger partial charge in [-0.2, -0.15) is 0 Å². The molecule has 10 heteroatoms. The molecule has 0 aliphatic heterocycles. The van der Waals surface area contributed by atoms with Gasteiger partial charge in [-0.1, -0.05) is 0 Å². The van der Waals surface area contributed by atoms with Crippen LogP contribution in [0.2, 0.25) is 0 Å². The molecule has 2 N–H and O–H groups in total. The van der Waals surface area contributed by atoms with Crippen LogP contribution in [0.4, 0.5) is 11.4 Å². The number of benzene rings is 3. The largest absolute Gasteiger partial charge is 0.497 e. The Morgan fingerprint density at radius 2 is 1.50 bits per heavy atom. The fourth-order valence-electron chi connectivity index (χ4n) is 3.06. The predicted octanol–water partition coefficient (Wildman–Crippen LogP) is 3.84. The van der Waals surface area contributed by atoms with Crippen molar-refractivity contribution in [3.8, 4) is 23.0 Å². The lowest BCUT2D eigenvalue weighted by Gasteiger charge is -2.14. The van der Waals surface area contributed by atoms with E-state index in [1.165, 1.54) is 39.5 Å². The van der Waals surface area contributed by atoms with Gasteiger partial charge in [0.25, 0.3) is 15.9 Å². The molecule has 3 aromatic rings. The molecule has 0 unspecified atom stereocenters. The number of hydrogen-bond acceptors (Lipinski definition) is 7. The zero-order valence-corrected chi connectivity index (χ0v) is 20.1. The number of carbonyl (C=O) groups excluding carboxylic acids is 1. The third kappa shape index (κ3) is 6.10. The van der Waals surface area contributed by atoms with Gasteiger partial charge >= 0.3 is 0 Å². The molecular formula is C24H26N2O7S. The summed E-state index contributed by atoms with van der Waals surface area (Å²) in [6, 6.07) is 16.0. The predicted molar refractivity (Wildman–Crippen MR) is 129 cm³/mol. The Morgan fingerprint density at radius 3 is 2.12 bits per heavy atom. The van der Waals surface area contributed by atoms with Crippen molar-refractivity contribution in [2.75, 3.05) is 38.0 Å². The number of rotatable bonds is 10. The fourth-order valence-corrected chi connectivity index (χ4v) is 4.20. The Bertz CT molecular complexity index is 1260. The van der Waals surface area contributed by atoms with Crippen LogP contribution in [-0.4, -0.2) is 42.3 Å². The smallest absolute Gasteiger partial charge is 0.262 e. The van der Waals surface area contributed by atoms with Gasteiger partial charge in [-0.05, 0) is 67.1 Å². The van der Waals surface area contributed by atoms with E-state index < -0.39 is 15.9 Å². The van der Waals surface area contributed by atoms with Crippen LogP contribution < -0.4 is 29.0 Å². The Balaban J connectivity index is 1.64. The molecule has 0 bridgehead atoms. The van der Waals surface area contributed by atoms with Crippen molar-refractivity contribution < 1.29 is 32.2 Å². The summed E-state index contributed by atoms with van der Waals surface area (Å²) in [5.74, 6) is 1.65. The van der Waals surface area contributed by atoms with Crippen molar-refractivity contribution >= 4 is 27.3 Å². The number of sulfonamides is 1. The number of amides is 1. The molecule has 34 heavy (non-hydrogen) atoms. The minimum Gasteiger partial charge on any atom is -0.497 e. The highest BCUT2D eigenvalue weighted by Gasteiger charge is 2.17. The minimum absolute atomic E-state index is 0.0700. The quantitative estimate of drug-likeness (QED) is 0.448. The van der Waals surface area contributed by atoms with E-state index in [-0.39, 0.29) is 11.5 Å². The fraction of sp³-hybridized carbons (Fsp3) is 0.208. The van der Waals surface area contributed by atoms with Crippen LogP contribution in [0, 0.1) is 6.92 Å². The van der Waals surface area contributed by atoms with E-state index in [0.717, 1.165) is 0 Å². The zero-order chi connectivity index (χ0) is 24.7. The lowest BCUT2D eigenvalue weighted by atomic mass is 10.2. The minimum atomic E-state index is -3.81. The Labute approximate surface area is 198 Å². The highest BCUT2D eigenvalue weighted by molar-refractivity contribution is 7.92. The van der Waals surface area contributed by atoms with Crippen LogP contribution in [0.15, 0.2) is 65.6 Å². The van der Waals surface area contributed by atoms with Crippen LogP contribution in [0.3, 0.4) is 0 Å². The number of hydrogen-bond donors (Lipinski definition) is 2. The molecule has 9 nitrogen and oxygen atoms in total. The molecule has 0 atom stereocenters. The normalized spacial score (nSPS) is 10.8. The molecule has 0 heterocycles. The molecule has 0 aliphatic rings. The molecule has 0 spiro atoms. The molecule has 180 valence electrons. The lowest BCUT2D eigenvalue weighted by molar-refractivity contribution is -0.118. The topological polar surface area (TPSA) is 112 Å². The van der Waals surface area contributed by atoms with Crippen LogP contribution in [-0.2, 0) is 14.8 Å². The van der Waals surface area contributed by atoms with E-state index in [4.69, 9.17) is 18.9 Å². The van der Waals surface area contributed by atoms with Crippen molar-refractivity contribution in [1.82, 2.24) is 0 Å². The number of nitrogens with one attached hydrogen (secondary N) is 2. The summed E-state index contributed by atoms with van der Waals surface area (Å²) in [6.45, 7) is 1.43. The van der Waals surface area contributed by atoms with E-state index >= 15 is 0 Å². The number of carbonyl (C=O) groups is 1. The van der Waals surface area contributed by atoms with Crippen molar-refractivity contribution in [2.24, 2.45) is 0 Å². The maximum absolute atomic E-state index is 12.7. The lowest BCUT2D eigenvalue weighted by Crippen LogP contribution is -2.21. The Hall–Kier alpha value is -3.92. The van der Waals surface area contributed by atoms with E-state index in [0.29, 0.717) is 39.9 Å². The Morgan fingerprint density at radius 1 is 0.824 bits per heavy atom. The highest BCUT2D eigenvalue weighted by Crippen LogP contribution is 2.29. The van der Waals surface area contributed by atoms with Gasteiger partial charge in [0, 0.05) is 11.8 Å². The molecule has 1 amide bonds. The summed E-state index contributed by atoms with van der Waals surface area (Å²) in [5.41, 5.74) is 1.44. The van der Waals surface area contributed by atoms with Gasteiger partial charge < -0.3 is 24.3 Å². The van der Waals surface area contributed by atoms with E-state index in [1.54, 1.807) is 49.4 Å². The number of aryl methyl sites for hydroxylation is 1. The van der Waals surface area contributed by atoms with Crippen molar-refractivity contribution in [1.29, 1.82) is 0 Å². The molecule has 0 radical (unpaired) electrons. The van der Waals surface area contributed by atoms with Crippen LogP contribution in [0.25, 0.3) is 0 Å². The second-order valence-corrected chi connectivity index (χ2v) is 8.85. The van der Waals surface area contributed by atoms with Gasteiger partial charge in [0.1, 0.15) is 23.0 Å². The molecule has 3 aromatic carbocycles. The molecule has 0 aliphatic carbocycles. The molecule has 0 saturated carbocycles. The average Bonchev–Trinajstić information content (AvgIpc) is 2.83. The van der Waals surface area contributed by atoms with Crippen LogP contribution >= 0.6 is 0 Å². The summed E-state index contributed by atoms with van der Waals surface area (Å²) >= 11 is 0. The second-order valence-electron chi connectivity index (χ2n) is 7.16. The monoisotopic (exact) mass is 486 g/mol. The van der Waals surface area contributed by atoms with Gasteiger partial charge in [-0.3, -0.25) is 9.52 Å². The van der Waals surface area contributed by atoms with Gasteiger partial charge in [0.15, 0.2) is 6.61 Å². The molecule has 0 fully saturated rings. The second kappa shape index (κ2) is 10.8. The first-order valence-corrected chi connectivity index (χ1v) is 11.7. The summed E-state index contributed by atoms with van der Waals surface area (Å²) in [4.78, 5) is 12.4. The number of anilines is 2. The van der Waals surface area contributed by atoms with Crippen molar-refractivity contribution in [3.63, 3.8) is 0 Å². The molecule has 0 aromatic heterocycles. The average molecular weight is 487 g/mol. The van der Waals surface area contributed by atoms with E-state index in [1.807, 2.05) is 0 Å². The Kier molecular flexibility index (Phi) is 7.85. The number of ether oxygens (including phenoxy) is 4. The first-order valence-electron chi connectivity index (χ1n) is 10.2. The molecule has 3 rings (SSSR count). The van der Waals surface area contributed by atoms with Crippen molar-refractivity contribution in [2.45, 2.75) is 11.8 Å². The summed E-state index contributed by atoms with van der Waals surface area (Å²) in [5, 5.41) is 2.71. The van der Waals surface area contributed by atoms with Gasteiger partial charge in [-0.25, -0.2) is 8.42 Å². The first kappa shape index (κ1) is 24.7. The van der Waals surface area contributed by atoms with Gasteiger partial charge in [-0.15, -0.1) is 0 Å². The zero-order valence-electron chi connectivity index (χ0n) is 19.2. The molecular weight excluding hydrogens is 460 g/mol.